The molecule has 0 fully saturated rings. The van der Waals surface area contributed by atoms with Crippen molar-refractivity contribution in [3.63, 3.8) is 0 Å². The normalized spacial score (nSPS) is 13.5. The van der Waals surface area contributed by atoms with E-state index in [1.165, 1.54) is 0 Å². The minimum Gasteiger partial charge on any atom is -0.389 e. The maximum atomic E-state index is 9.34. The van der Waals surface area contributed by atoms with Crippen molar-refractivity contribution in [2.45, 2.75) is 13.0 Å². The molecule has 1 atom stereocenters. The van der Waals surface area contributed by atoms with Crippen LogP contribution in [-0.2, 0) is 0 Å². The second-order valence-corrected chi connectivity index (χ2v) is 3.37. The zero-order valence-electron chi connectivity index (χ0n) is 7.08. The van der Waals surface area contributed by atoms with Crippen LogP contribution in [0, 0.1) is 0 Å². The fraction of sp³-hybridized carbons (Fsp3) is 0.222. The summed E-state index contributed by atoms with van der Waals surface area (Å²) in [5.74, 6) is 0. The van der Waals surface area contributed by atoms with Crippen molar-refractivity contribution in [2.75, 3.05) is 0 Å². The minimum absolute atomic E-state index is 0.477. The van der Waals surface area contributed by atoms with Crippen molar-refractivity contribution in [3.05, 3.63) is 28.9 Å². The molecule has 1 heterocycles. The second-order valence-electron chi connectivity index (χ2n) is 2.99. The number of nitrogens with one attached hydrogen (secondary N) is 1. The van der Waals surface area contributed by atoms with Gasteiger partial charge in [-0.25, -0.2) is 0 Å². The van der Waals surface area contributed by atoms with Gasteiger partial charge in [0.05, 0.1) is 11.6 Å². The zero-order valence-corrected chi connectivity index (χ0v) is 7.84. The van der Waals surface area contributed by atoms with Gasteiger partial charge in [0.15, 0.2) is 0 Å². The summed E-state index contributed by atoms with van der Waals surface area (Å²) in [5.41, 5.74) is 1.66. The van der Waals surface area contributed by atoms with E-state index in [1.807, 2.05) is 18.2 Å². The monoisotopic (exact) mass is 196 g/mol. The van der Waals surface area contributed by atoms with Crippen molar-refractivity contribution in [1.29, 1.82) is 0 Å². The highest BCUT2D eigenvalue weighted by molar-refractivity contribution is 6.34. The van der Waals surface area contributed by atoms with Crippen LogP contribution in [0.1, 0.15) is 18.6 Å². The van der Waals surface area contributed by atoms with Crippen molar-refractivity contribution in [3.8, 4) is 0 Å². The smallest absolute Gasteiger partial charge is 0.132 e. The molecule has 0 aliphatic heterocycles. The summed E-state index contributed by atoms with van der Waals surface area (Å²) in [6, 6.07) is 5.51. The molecule has 0 spiro atoms. The molecule has 2 N–H and O–H groups in total. The Labute approximate surface area is 80.3 Å². The van der Waals surface area contributed by atoms with Crippen molar-refractivity contribution >= 4 is 22.5 Å². The Morgan fingerprint density at radius 1 is 1.54 bits per heavy atom. The number of nitrogens with zero attached hydrogens (tertiary/aromatic N) is 1. The summed E-state index contributed by atoms with van der Waals surface area (Å²) < 4.78 is 0. The van der Waals surface area contributed by atoms with Gasteiger partial charge in [0, 0.05) is 5.39 Å². The Balaban J connectivity index is 2.66. The highest BCUT2D eigenvalue weighted by Crippen LogP contribution is 2.23. The van der Waals surface area contributed by atoms with E-state index in [1.54, 1.807) is 6.92 Å². The molecule has 1 aromatic carbocycles. The van der Waals surface area contributed by atoms with E-state index in [-0.39, 0.29) is 0 Å². The summed E-state index contributed by atoms with van der Waals surface area (Å²) >= 11 is 5.85. The first-order chi connectivity index (χ1) is 6.18. The molecule has 13 heavy (non-hydrogen) atoms. The van der Waals surface area contributed by atoms with Crippen LogP contribution in [-0.4, -0.2) is 15.3 Å². The number of aromatic amines is 1. The van der Waals surface area contributed by atoms with Crippen LogP contribution in [0.2, 0.25) is 5.15 Å². The third-order valence-corrected chi connectivity index (χ3v) is 2.30. The quantitative estimate of drug-likeness (QED) is 0.735. The predicted octanol–water partition coefficient (Wildman–Crippen LogP) is 2.27. The van der Waals surface area contributed by atoms with E-state index >= 15 is 0 Å². The molecule has 0 aliphatic rings. The SMILES string of the molecule is CC(O)c1ccc2n[nH]c(Cl)c2c1. The molecule has 1 aromatic heterocycles. The summed E-state index contributed by atoms with van der Waals surface area (Å²) in [5, 5.41) is 17.4. The van der Waals surface area contributed by atoms with Crippen LogP contribution >= 0.6 is 11.6 Å². The number of hydrogen-bond donors (Lipinski definition) is 2. The van der Waals surface area contributed by atoms with E-state index in [4.69, 9.17) is 11.6 Å². The lowest BCUT2D eigenvalue weighted by Gasteiger charge is -2.02. The van der Waals surface area contributed by atoms with E-state index in [2.05, 4.69) is 10.2 Å². The van der Waals surface area contributed by atoms with Gasteiger partial charge >= 0.3 is 0 Å². The Morgan fingerprint density at radius 2 is 2.31 bits per heavy atom. The van der Waals surface area contributed by atoms with Crippen LogP contribution in [0.15, 0.2) is 18.2 Å². The van der Waals surface area contributed by atoms with Crippen LogP contribution in [0.5, 0.6) is 0 Å². The van der Waals surface area contributed by atoms with Gasteiger partial charge in [-0.15, -0.1) is 0 Å². The van der Waals surface area contributed by atoms with E-state index < -0.39 is 6.10 Å². The number of aliphatic hydroxyl groups excluding tert-OH is 1. The summed E-state index contributed by atoms with van der Waals surface area (Å²) in [7, 11) is 0. The van der Waals surface area contributed by atoms with Gasteiger partial charge in [-0.1, -0.05) is 17.7 Å². The number of halogens is 1. The second kappa shape index (κ2) is 3.01. The van der Waals surface area contributed by atoms with E-state index in [0.717, 1.165) is 16.5 Å². The maximum Gasteiger partial charge on any atom is 0.132 e. The Hall–Kier alpha value is -1.06. The third kappa shape index (κ3) is 1.41. The molecule has 2 rings (SSSR count). The lowest BCUT2D eigenvalue weighted by atomic mass is 10.1. The van der Waals surface area contributed by atoms with Crippen molar-refractivity contribution < 1.29 is 5.11 Å². The molecule has 3 nitrogen and oxygen atoms in total. The Kier molecular flexibility index (Phi) is 1.98. The molecule has 0 radical (unpaired) electrons. The molecule has 0 bridgehead atoms. The average Bonchev–Trinajstić information content (AvgIpc) is 2.47. The largest absolute Gasteiger partial charge is 0.389 e. The van der Waals surface area contributed by atoms with Gasteiger partial charge in [-0.2, -0.15) is 5.10 Å². The van der Waals surface area contributed by atoms with E-state index in [9.17, 15) is 5.11 Å². The first-order valence-electron chi connectivity index (χ1n) is 4.00. The summed E-state index contributed by atoms with van der Waals surface area (Å²) in [6.07, 6.45) is -0.477. The molecule has 0 amide bonds. The van der Waals surface area contributed by atoms with Gasteiger partial charge in [0.1, 0.15) is 5.15 Å². The van der Waals surface area contributed by atoms with Gasteiger partial charge < -0.3 is 5.11 Å². The topological polar surface area (TPSA) is 48.9 Å². The molecule has 0 aliphatic carbocycles. The molecule has 68 valence electrons. The molecular weight excluding hydrogens is 188 g/mol. The van der Waals surface area contributed by atoms with E-state index in [0.29, 0.717) is 5.15 Å². The predicted molar refractivity (Wildman–Crippen MR) is 51.7 cm³/mol. The van der Waals surface area contributed by atoms with Crippen LogP contribution in [0.25, 0.3) is 10.9 Å². The van der Waals surface area contributed by atoms with Crippen LogP contribution in [0.3, 0.4) is 0 Å². The molecule has 2 aromatic rings. The molecule has 0 saturated carbocycles. The summed E-state index contributed by atoms with van der Waals surface area (Å²) in [4.78, 5) is 0. The number of fused-ring (bicyclic) bond motifs is 1. The lowest BCUT2D eigenvalue weighted by Crippen LogP contribution is -1.89. The van der Waals surface area contributed by atoms with Crippen molar-refractivity contribution in [2.24, 2.45) is 0 Å². The van der Waals surface area contributed by atoms with Gasteiger partial charge in [0.2, 0.25) is 0 Å². The number of aliphatic hydroxyl groups is 1. The molecule has 1 unspecified atom stereocenters. The summed E-state index contributed by atoms with van der Waals surface area (Å²) in [6.45, 7) is 1.72. The number of benzene rings is 1. The third-order valence-electron chi connectivity index (χ3n) is 2.01. The number of H-pyrrole nitrogens is 1. The molecule has 0 saturated heterocycles. The minimum atomic E-state index is -0.477. The Morgan fingerprint density at radius 3 is 3.00 bits per heavy atom. The fourth-order valence-corrected chi connectivity index (χ4v) is 1.45. The average molecular weight is 197 g/mol. The van der Waals surface area contributed by atoms with Gasteiger partial charge in [-0.05, 0) is 24.6 Å². The first-order valence-corrected chi connectivity index (χ1v) is 4.38. The van der Waals surface area contributed by atoms with Gasteiger partial charge in [0.25, 0.3) is 0 Å². The lowest BCUT2D eigenvalue weighted by molar-refractivity contribution is 0.199. The fourth-order valence-electron chi connectivity index (χ4n) is 1.26. The highest BCUT2D eigenvalue weighted by atomic mass is 35.5. The highest BCUT2D eigenvalue weighted by Gasteiger charge is 2.06. The Bertz CT molecular complexity index is 436. The zero-order chi connectivity index (χ0) is 9.42. The van der Waals surface area contributed by atoms with Gasteiger partial charge in [-0.3, -0.25) is 5.10 Å². The molecular formula is C9H9ClN2O. The maximum absolute atomic E-state index is 9.34. The number of rotatable bonds is 1. The standard InChI is InChI=1S/C9H9ClN2O/c1-5(13)6-2-3-8-7(4-6)9(10)12-11-8/h2-5,13H,1H3,(H,11,12). The van der Waals surface area contributed by atoms with Crippen molar-refractivity contribution in [1.82, 2.24) is 10.2 Å². The van der Waals surface area contributed by atoms with Crippen LogP contribution < -0.4 is 0 Å². The number of aromatic nitrogens is 2. The molecule has 4 heteroatoms. The van der Waals surface area contributed by atoms with Crippen LogP contribution in [0.4, 0.5) is 0 Å². The first kappa shape index (κ1) is 8.53. The number of hydrogen-bond acceptors (Lipinski definition) is 2.